The molecule has 3 rings (SSSR count). The maximum Gasteiger partial charge on any atom is 0.251 e. The minimum atomic E-state index is -0.0251. The van der Waals surface area contributed by atoms with Crippen LogP contribution in [0.5, 0.6) is 0 Å². The van der Waals surface area contributed by atoms with E-state index in [0.717, 1.165) is 56.9 Å². The van der Waals surface area contributed by atoms with E-state index in [0.29, 0.717) is 34.8 Å². The second kappa shape index (κ2) is 13.9. The van der Waals surface area contributed by atoms with Gasteiger partial charge in [-0.2, -0.15) is 0 Å². The van der Waals surface area contributed by atoms with Gasteiger partial charge in [0.2, 0.25) is 0 Å². The number of nitrogens with zero attached hydrogens (tertiary/aromatic N) is 4. The van der Waals surface area contributed by atoms with Gasteiger partial charge in [-0.1, -0.05) is 49.3 Å². The minimum Gasteiger partial charge on any atom is -0.378 e. The van der Waals surface area contributed by atoms with Gasteiger partial charge < -0.3 is 19.9 Å². The van der Waals surface area contributed by atoms with E-state index in [2.05, 4.69) is 45.9 Å². The van der Waals surface area contributed by atoms with Crippen molar-refractivity contribution in [3.05, 3.63) is 46.6 Å². The summed E-state index contributed by atoms with van der Waals surface area (Å²) in [5, 5.41) is 4.21. The number of morpholine rings is 1. The molecule has 0 bridgehead atoms. The zero-order chi connectivity index (χ0) is 24.3. The first kappa shape index (κ1) is 26.7. The van der Waals surface area contributed by atoms with Gasteiger partial charge in [0, 0.05) is 36.5 Å². The van der Waals surface area contributed by atoms with E-state index in [1.807, 2.05) is 24.3 Å². The van der Waals surface area contributed by atoms with Gasteiger partial charge in [0.25, 0.3) is 5.91 Å². The number of nitrogens with one attached hydrogen (secondary N) is 1. The predicted octanol–water partition coefficient (Wildman–Crippen LogP) is 4.50. The van der Waals surface area contributed by atoms with Gasteiger partial charge >= 0.3 is 0 Å². The summed E-state index contributed by atoms with van der Waals surface area (Å²) in [6.45, 7) is 12.6. The quantitative estimate of drug-likeness (QED) is 0.259. The molecule has 1 aromatic carbocycles. The van der Waals surface area contributed by atoms with Crippen LogP contribution in [0.25, 0.3) is 0 Å². The third kappa shape index (κ3) is 8.41. The fourth-order valence-corrected chi connectivity index (χ4v) is 4.88. The number of benzene rings is 1. The predicted molar refractivity (Wildman–Crippen MR) is 140 cm³/mol. The molecule has 1 aliphatic rings. The van der Waals surface area contributed by atoms with E-state index in [1.165, 1.54) is 11.8 Å². The number of carbonyl (C=O) groups excluding carboxylic acids is 1. The SMILES string of the molecule is CCN(CC)CCCC(C)NC(=O)c1ccc(CSc2nc(Cl)cc(N3CCOCC3)n2)cc1. The Morgan fingerprint density at radius 2 is 1.91 bits per heavy atom. The van der Waals surface area contributed by atoms with Gasteiger partial charge in [0.05, 0.1) is 13.2 Å². The molecule has 0 aliphatic carbocycles. The van der Waals surface area contributed by atoms with Gasteiger partial charge in [-0.05, 0) is 57.1 Å². The van der Waals surface area contributed by atoms with Crippen molar-refractivity contribution in [1.29, 1.82) is 0 Å². The maximum atomic E-state index is 12.6. The third-order valence-electron chi connectivity index (χ3n) is 5.96. The Balaban J connectivity index is 1.48. The Morgan fingerprint density at radius 3 is 2.59 bits per heavy atom. The van der Waals surface area contributed by atoms with E-state index >= 15 is 0 Å². The molecule has 1 aliphatic heterocycles. The molecule has 186 valence electrons. The van der Waals surface area contributed by atoms with Gasteiger partial charge in [-0.25, -0.2) is 9.97 Å². The number of ether oxygens (including phenoxy) is 1. The second-order valence-electron chi connectivity index (χ2n) is 8.46. The topological polar surface area (TPSA) is 70.6 Å². The van der Waals surface area contributed by atoms with Crippen molar-refractivity contribution in [1.82, 2.24) is 20.2 Å². The van der Waals surface area contributed by atoms with Gasteiger partial charge in [-0.15, -0.1) is 0 Å². The van der Waals surface area contributed by atoms with Crippen LogP contribution < -0.4 is 10.2 Å². The van der Waals surface area contributed by atoms with Crippen LogP contribution in [0.4, 0.5) is 5.82 Å². The summed E-state index contributed by atoms with van der Waals surface area (Å²) in [7, 11) is 0. The van der Waals surface area contributed by atoms with Crippen LogP contribution in [0.2, 0.25) is 5.15 Å². The van der Waals surface area contributed by atoms with Gasteiger partial charge in [0.15, 0.2) is 5.16 Å². The third-order valence-corrected chi connectivity index (χ3v) is 7.08. The number of aromatic nitrogens is 2. The number of halogens is 1. The van der Waals surface area contributed by atoms with Crippen molar-refractivity contribution < 1.29 is 9.53 Å². The van der Waals surface area contributed by atoms with Crippen LogP contribution in [0, 0.1) is 0 Å². The van der Waals surface area contributed by atoms with Crippen molar-refractivity contribution in [3.63, 3.8) is 0 Å². The van der Waals surface area contributed by atoms with Crippen molar-refractivity contribution in [2.75, 3.05) is 50.8 Å². The van der Waals surface area contributed by atoms with Crippen molar-refractivity contribution in [3.8, 4) is 0 Å². The average molecular weight is 506 g/mol. The molecular formula is C25H36ClN5O2S. The zero-order valence-electron chi connectivity index (χ0n) is 20.4. The summed E-state index contributed by atoms with van der Waals surface area (Å²) >= 11 is 7.78. The molecular weight excluding hydrogens is 470 g/mol. The lowest BCUT2D eigenvalue weighted by Gasteiger charge is -2.27. The summed E-state index contributed by atoms with van der Waals surface area (Å²) in [4.78, 5) is 26.2. The molecule has 7 nitrogen and oxygen atoms in total. The lowest BCUT2D eigenvalue weighted by atomic mass is 10.1. The van der Waals surface area contributed by atoms with Crippen LogP contribution in [-0.4, -0.2) is 72.8 Å². The summed E-state index contributed by atoms with van der Waals surface area (Å²) in [6, 6.07) is 9.69. The van der Waals surface area contributed by atoms with Crippen LogP contribution in [0.1, 0.15) is 49.5 Å². The van der Waals surface area contributed by atoms with Crippen LogP contribution in [0.3, 0.4) is 0 Å². The highest BCUT2D eigenvalue weighted by Gasteiger charge is 2.15. The normalized spacial score (nSPS) is 14.9. The highest BCUT2D eigenvalue weighted by molar-refractivity contribution is 7.98. The molecule has 1 unspecified atom stereocenters. The Morgan fingerprint density at radius 1 is 1.21 bits per heavy atom. The Bertz CT molecular complexity index is 905. The van der Waals surface area contributed by atoms with Gasteiger partial charge in [-0.3, -0.25) is 4.79 Å². The summed E-state index contributed by atoms with van der Waals surface area (Å²) in [5.74, 6) is 1.51. The van der Waals surface area contributed by atoms with Crippen LogP contribution >= 0.6 is 23.4 Å². The van der Waals surface area contributed by atoms with E-state index in [-0.39, 0.29) is 11.9 Å². The molecule has 1 aromatic heterocycles. The number of amides is 1. The Hall–Kier alpha value is -1.87. The number of thioether (sulfide) groups is 1. The second-order valence-corrected chi connectivity index (χ2v) is 9.79. The number of hydrogen-bond donors (Lipinski definition) is 1. The van der Waals surface area contributed by atoms with Gasteiger partial charge in [0.1, 0.15) is 11.0 Å². The average Bonchev–Trinajstić information content (AvgIpc) is 2.86. The smallest absolute Gasteiger partial charge is 0.251 e. The Labute approximate surface area is 212 Å². The number of rotatable bonds is 12. The molecule has 1 N–H and O–H groups in total. The highest BCUT2D eigenvalue weighted by Crippen LogP contribution is 2.25. The molecule has 1 amide bonds. The van der Waals surface area contributed by atoms with Crippen LogP contribution in [0.15, 0.2) is 35.5 Å². The highest BCUT2D eigenvalue weighted by atomic mass is 35.5. The summed E-state index contributed by atoms with van der Waals surface area (Å²) < 4.78 is 5.42. The van der Waals surface area contributed by atoms with Crippen molar-refractivity contribution >= 4 is 35.1 Å². The first-order chi connectivity index (χ1) is 16.5. The molecule has 1 fully saturated rings. The first-order valence-corrected chi connectivity index (χ1v) is 13.5. The van der Waals surface area contributed by atoms with E-state index in [9.17, 15) is 4.79 Å². The summed E-state index contributed by atoms with van der Waals surface area (Å²) in [5.41, 5.74) is 1.78. The number of carbonyl (C=O) groups is 1. The standard InChI is InChI=1S/C25H36ClN5O2S/c1-4-30(5-2)12-6-7-19(3)27-24(32)21-10-8-20(9-11-21)18-34-25-28-22(26)17-23(29-25)31-13-15-33-16-14-31/h8-11,17,19H,4-7,12-16,18H2,1-3H3,(H,27,32). The van der Waals surface area contributed by atoms with Crippen molar-refractivity contribution in [2.45, 2.75) is 50.6 Å². The molecule has 34 heavy (non-hydrogen) atoms. The summed E-state index contributed by atoms with van der Waals surface area (Å²) in [6.07, 6.45) is 2.06. The van der Waals surface area contributed by atoms with Crippen molar-refractivity contribution in [2.24, 2.45) is 0 Å². The van der Waals surface area contributed by atoms with Crippen LogP contribution in [-0.2, 0) is 10.5 Å². The molecule has 0 radical (unpaired) electrons. The molecule has 1 atom stereocenters. The van der Waals surface area contributed by atoms with E-state index in [4.69, 9.17) is 16.3 Å². The fourth-order valence-electron chi connectivity index (χ4n) is 3.84. The lowest BCUT2D eigenvalue weighted by Crippen LogP contribution is -2.36. The molecule has 0 spiro atoms. The number of anilines is 1. The van der Waals surface area contributed by atoms with E-state index < -0.39 is 0 Å². The minimum absolute atomic E-state index is 0.0251. The molecule has 2 heterocycles. The van der Waals surface area contributed by atoms with E-state index in [1.54, 1.807) is 6.07 Å². The maximum absolute atomic E-state index is 12.6. The molecule has 9 heteroatoms. The zero-order valence-corrected chi connectivity index (χ0v) is 22.0. The fraction of sp³-hybridized carbons (Fsp3) is 0.560. The first-order valence-electron chi connectivity index (χ1n) is 12.1. The molecule has 0 saturated carbocycles. The molecule has 2 aromatic rings. The number of hydrogen-bond acceptors (Lipinski definition) is 7. The Kier molecular flexibility index (Phi) is 10.9. The monoisotopic (exact) mass is 505 g/mol. The largest absolute Gasteiger partial charge is 0.378 e. The molecule has 1 saturated heterocycles. The lowest BCUT2D eigenvalue weighted by molar-refractivity contribution is 0.0937.